The fourth-order valence-electron chi connectivity index (χ4n) is 1.85. The Morgan fingerprint density at radius 1 is 1.40 bits per heavy atom. The number of aromatic nitrogens is 1. The summed E-state index contributed by atoms with van der Waals surface area (Å²) in [4.78, 5) is 4.48. The number of hydrogen-bond donors (Lipinski definition) is 0. The molecule has 2 rings (SSSR count). The summed E-state index contributed by atoms with van der Waals surface area (Å²) in [6.07, 6.45) is 0.905. The molecule has 108 valence electrons. The van der Waals surface area contributed by atoms with E-state index in [-0.39, 0.29) is 6.10 Å². The first-order chi connectivity index (χ1) is 9.76. The van der Waals surface area contributed by atoms with E-state index in [2.05, 4.69) is 11.9 Å². The van der Waals surface area contributed by atoms with Gasteiger partial charge in [-0.05, 0) is 24.1 Å². The molecule has 3 nitrogen and oxygen atoms in total. The predicted octanol–water partition coefficient (Wildman–Crippen LogP) is 4.56. The maximum atomic E-state index is 5.97. The number of thiazole rings is 1. The van der Waals surface area contributed by atoms with Gasteiger partial charge in [0.1, 0.15) is 16.9 Å². The maximum Gasteiger partial charge on any atom is 0.122 e. The molecular weight excluding hydrogens is 294 g/mol. The molecule has 0 aliphatic rings. The highest BCUT2D eigenvalue weighted by Crippen LogP contribution is 2.26. The Hall–Kier alpha value is -1.10. The third-order valence-corrected chi connectivity index (χ3v) is 4.20. The van der Waals surface area contributed by atoms with E-state index in [0.29, 0.717) is 12.5 Å². The van der Waals surface area contributed by atoms with Crippen LogP contribution < -0.4 is 4.74 Å². The lowest BCUT2D eigenvalue weighted by Gasteiger charge is -2.14. The number of nitrogens with zero attached hydrogens (tertiary/aromatic N) is 1. The van der Waals surface area contributed by atoms with Crippen molar-refractivity contribution in [3.8, 4) is 5.75 Å². The number of methoxy groups -OCH3 is 1. The van der Waals surface area contributed by atoms with Crippen LogP contribution in [0.2, 0.25) is 0 Å². The smallest absolute Gasteiger partial charge is 0.122 e. The second-order valence-corrected chi connectivity index (χ2v) is 5.53. The number of rotatable bonds is 7. The van der Waals surface area contributed by atoms with E-state index >= 15 is 0 Å². The first-order valence-electron chi connectivity index (χ1n) is 6.51. The topological polar surface area (TPSA) is 31.4 Å². The van der Waals surface area contributed by atoms with Gasteiger partial charge >= 0.3 is 0 Å². The van der Waals surface area contributed by atoms with Crippen LogP contribution in [0.3, 0.4) is 0 Å². The molecule has 1 atom stereocenters. The van der Waals surface area contributed by atoms with Crippen molar-refractivity contribution in [3.63, 3.8) is 0 Å². The summed E-state index contributed by atoms with van der Waals surface area (Å²) < 4.78 is 11.2. The quantitative estimate of drug-likeness (QED) is 0.702. The van der Waals surface area contributed by atoms with E-state index in [0.717, 1.165) is 28.4 Å². The Morgan fingerprint density at radius 3 is 2.90 bits per heavy atom. The summed E-state index contributed by atoms with van der Waals surface area (Å²) in [5.41, 5.74) is 2.01. The predicted molar refractivity (Wildman–Crippen MR) is 82.5 cm³/mol. The fraction of sp³-hybridized carbons (Fsp3) is 0.400. The van der Waals surface area contributed by atoms with Gasteiger partial charge in [-0.3, -0.25) is 0 Å². The van der Waals surface area contributed by atoms with Gasteiger partial charge in [0.15, 0.2) is 0 Å². The zero-order valence-electron chi connectivity index (χ0n) is 11.6. The van der Waals surface area contributed by atoms with Crippen LogP contribution in [0.25, 0.3) is 0 Å². The molecule has 2 aromatic rings. The van der Waals surface area contributed by atoms with E-state index in [1.807, 2.05) is 29.6 Å². The van der Waals surface area contributed by atoms with E-state index in [9.17, 15) is 0 Å². The van der Waals surface area contributed by atoms with Gasteiger partial charge in [0.05, 0.1) is 25.3 Å². The molecule has 0 amide bonds. The number of halogens is 1. The molecule has 0 aliphatic carbocycles. The first-order valence-corrected chi connectivity index (χ1v) is 7.93. The average Bonchev–Trinajstić information content (AvgIpc) is 2.97. The monoisotopic (exact) mass is 311 g/mol. The molecule has 1 unspecified atom stereocenters. The standard InChI is InChI=1S/C15H18ClNO2S/c1-3-14(15-17-12(8-16)10-20-15)19-9-11-5-4-6-13(7-11)18-2/h4-7,10,14H,3,8-9H2,1-2H3. The lowest BCUT2D eigenvalue weighted by molar-refractivity contribution is 0.0368. The summed E-state index contributed by atoms with van der Waals surface area (Å²) in [6.45, 7) is 2.64. The van der Waals surface area contributed by atoms with E-state index < -0.39 is 0 Å². The van der Waals surface area contributed by atoms with Crippen molar-refractivity contribution < 1.29 is 9.47 Å². The van der Waals surface area contributed by atoms with Gasteiger partial charge in [0, 0.05) is 5.38 Å². The Balaban J connectivity index is 1.99. The molecule has 0 saturated heterocycles. The van der Waals surface area contributed by atoms with Crippen molar-refractivity contribution >= 4 is 22.9 Å². The zero-order valence-corrected chi connectivity index (χ0v) is 13.2. The molecule has 1 heterocycles. The van der Waals surface area contributed by atoms with Crippen molar-refractivity contribution in [2.24, 2.45) is 0 Å². The van der Waals surface area contributed by atoms with Crippen molar-refractivity contribution in [3.05, 3.63) is 45.9 Å². The number of benzene rings is 1. The molecule has 0 fully saturated rings. The van der Waals surface area contributed by atoms with Gasteiger partial charge in [-0.25, -0.2) is 4.98 Å². The molecule has 0 aliphatic heterocycles. The second kappa shape index (κ2) is 7.62. The molecule has 1 aromatic carbocycles. The molecule has 0 radical (unpaired) electrons. The van der Waals surface area contributed by atoms with Gasteiger partial charge in [-0.15, -0.1) is 22.9 Å². The SMILES string of the molecule is CCC(OCc1cccc(OC)c1)c1nc(CCl)cs1. The lowest BCUT2D eigenvalue weighted by Crippen LogP contribution is -2.03. The van der Waals surface area contributed by atoms with Crippen LogP contribution in [0.15, 0.2) is 29.6 Å². The third kappa shape index (κ3) is 3.95. The van der Waals surface area contributed by atoms with Crippen LogP contribution in [0.1, 0.15) is 35.7 Å². The third-order valence-electron chi connectivity index (χ3n) is 2.94. The Bertz CT molecular complexity index is 544. The maximum absolute atomic E-state index is 5.97. The van der Waals surface area contributed by atoms with Crippen molar-refractivity contribution in [1.82, 2.24) is 4.98 Å². The molecule has 5 heteroatoms. The van der Waals surface area contributed by atoms with Gasteiger partial charge in [-0.1, -0.05) is 19.1 Å². The van der Waals surface area contributed by atoms with Gasteiger partial charge in [0.2, 0.25) is 0 Å². The zero-order chi connectivity index (χ0) is 14.4. The van der Waals surface area contributed by atoms with Crippen molar-refractivity contribution in [1.29, 1.82) is 0 Å². The minimum Gasteiger partial charge on any atom is -0.497 e. The Labute approximate surface area is 128 Å². The number of ether oxygens (including phenoxy) is 2. The molecule has 1 aromatic heterocycles. The Morgan fingerprint density at radius 2 is 2.25 bits per heavy atom. The highest BCUT2D eigenvalue weighted by molar-refractivity contribution is 7.09. The molecular formula is C15H18ClNO2S. The van der Waals surface area contributed by atoms with Crippen LogP contribution in [0.4, 0.5) is 0 Å². The van der Waals surface area contributed by atoms with Crippen LogP contribution in [0.5, 0.6) is 5.75 Å². The number of hydrogen-bond acceptors (Lipinski definition) is 4. The average molecular weight is 312 g/mol. The van der Waals surface area contributed by atoms with E-state index in [1.54, 1.807) is 18.4 Å². The number of alkyl halides is 1. The lowest BCUT2D eigenvalue weighted by atomic mass is 10.2. The Kier molecular flexibility index (Phi) is 5.83. The second-order valence-electron chi connectivity index (χ2n) is 4.37. The summed E-state index contributed by atoms with van der Waals surface area (Å²) in [6, 6.07) is 7.90. The van der Waals surface area contributed by atoms with E-state index in [4.69, 9.17) is 21.1 Å². The van der Waals surface area contributed by atoms with Gasteiger partial charge in [-0.2, -0.15) is 0 Å². The van der Waals surface area contributed by atoms with Crippen LogP contribution in [0, 0.1) is 0 Å². The highest BCUT2D eigenvalue weighted by Gasteiger charge is 2.14. The van der Waals surface area contributed by atoms with Gasteiger partial charge in [0.25, 0.3) is 0 Å². The first kappa shape index (κ1) is 15.3. The molecule has 0 bridgehead atoms. The van der Waals surface area contributed by atoms with Crippen molar-refractivity contribution in [2.45, 2.75) is 31.9 Å². The fourth-order valence-corrected chi connectivity index (χ4v) is 3.03. The van der Waals surface area contributed by atoms with Crippen LogP contribution in [-0.4, -0.2) is 12.1 Å². The minimum atomic E-state index is 0.0168. The van der Waals surface area contributed by atoms with Crippen LogP contribution >= 0.6 is 22.9 Å². The highest BCUT2D eigenvalue weighted by atomic mass is 35.5. The van der Waals surface area contributed by atoms with Gasteiger partial charge < -0.3 is 9.47 Å². The summed E-state index contributed by atoms with van der Waals surface area (Å²) in [5.74, 6) is 1.29. The molecule has 20 heavy (non-hydrogen) atoms. The largest absolute Gasteiger partial charge is 0.497 e. The normalized spacial score (nSPS) is 12.3. The minimum absolute atomic E-state index is 0.0168. The summed E-state index contributed by atoms with van der Waals surface area (Å²) in [7, 11) is 1.66. The molecule has 0 N–H and O–H groups in total. The summed E-state index contributed by atoms with van der Waals surface area (Å²) >= 11 is 7.39. The summed E-state index contributed by atoms with van der Waals surface area (Å²) in [5, 5.41) is 2.98. The van der Waals surface area contributed by atoms with Crippen LogP contribution in [-0.2, 0) is 17.2 Å². The molecule has 0 spiro atoms. The molecule has 0 saturated carbocycles. The van der Waals surface area contributed by atoms with Crippen molar-refractivity contribution in [2.75, 3.05) is 7.11 Å². The van der Waals surface area contributed by atoms with E-state index in [1.165, 1.54) is 0 Å².